The second-order valence-electron chi connectivity index (χ2n) is 6.17. The van der Waals surface area contributed by atoms with Gasteiger partial charge in [0.15, 0.2) is 0 Å². The number of hydrogen-bond donors (Lipinski definition) is 0. The van der Waals surface area contributed by atoms with Gasteiger partial charge in [-0.05, 0) is 0 Å². The van der Waals surface area contributed by atoms with E-state index in [2.05, 4.69) is 14.8 Å². The molecule has 0 saturated heterocycles. The van der Waals surface area contributed by atoms with E-state index in [9.17, 15) is 8.42 Å². The molecule has 0 bridgehead atoms. The zero-order chi connectivity index (χ0) is 14.0. The average molecular weight is 370 g/mol. The van der Waals surface area contributed by atoms with E-state index in [1.807, 2.05) is 0 Å². The summed E-state index contributed by atoms with van der Waals surface area (Å²) < 4.78 is 36.5. The fourth-order valence-corrected chi connectivity index (χ4v) is 9.01. The molecule has 0 amide bonds. The van der Waals surface area contributed by atoms with Gasteiger partial charge in [0.25, 0.3) is 0 Å². The monoisotopic (exact) mass is 371 g/mol. The molecule has 1 fully saturated rings. The molecule has 17 heavy (non-hydrogen) atoms. The molecule has 0 aromatic rings. The van der Waals surface area contributed by atoms with E-state index in [-0.39, 0.29) is 0 Å². The van der Waals surface area contributed by atoms with Gasteiger partial charge in [0.2, 0.25) is 0 Å². The molecule has 0 aromatic heterocycles. The quantitative estimate of drug-likeness (QED) is 0.565. The topological polar surface area (TPSA) is 43.4 Å². The molecule has 2 atom stereocenters. The Labute approximate surface area is 112 Å². The van der Waals surface area contributed by atoms with Gasteiger partial charge in [-0.2, -0.15) is 0 Å². The van der Waals surface area contributed by atoms with Gasteiger partial charge in [-0.25, -0.2) is 0 Å². The van der Waals surface area contributed by atoms with Crippen LogP contribution in [-0.4, -0.2) is 39.1 Å². The summed E-state index contributed by atoms with van der Waals surface area (Å²) in [5.74, 6) is 0. The summed E-state index contributed by atoms with van der Waals surface area (Å²) in [4.78, 5) is 7.26. The minimum atomic E-state index is -3.53. The molecule has 0 unspecified atom stereocenters. The Morgan fingerprint density at radius 1 is 1.12 bits per heavy atom. The molecule has 0 aliphatic heterocycles. The molecule has 0 radical (unpaired) electrons. The van der Waals surface area contributed by atoms with Crippen LogP contribution in [0.15, 0.2) is 0 Å². The van der Waals surface area contributed by atoms with E-state index >= 15 is 0 Å². The Morgan fingerprint density at radius 2 is 1.71 bits per heavy atom. The van der Waals surface area contributed by atoms with Crippen molar-refractivity contribution in [1.82, 2.24) is 0 Å². The van der Waals surface area contributed by atoms with Crippen LogP contribution in [0.25, 0.3) is 0 Å². The van der Waals surface area contributed by atoms with Crippen molar-refractivity contribution in [3.8, 4) is 0 Å². The molecule has 0 aromatic carbocycles. The van der Waals surface area contributed by atoms with Gasteiger partial charge in [-0.15, -0.1) is 0 Å². The molecule has 0 heterocycles. The van der Waals surface area contributed by atoms with Gasteiger partial charge < -0.3 is 0 Å². The van der Waals surface area contributed by atoms with Crippen LogP contribution in [0, 0.1) is 0 Å². The van der Waals surface area contributed by atoms with Crippen molar-refractivity contribution in [2.45, 2.75) is 63.4 Å². The third-order valence-electron chi connectivity index (χ3n) is 3.52. The standard InChI is InChI=1S/C9H17O3S.3CH3.Sn/c1-13(10,11)12-9-7-5-3-2-4-6-8-9;;;;/h3,9H,2,4-8H2,1H3;3*1H3;/t9-;;;;/m0..../s1/i9D;;;;. The van der Waals surface area contributed by atoms with Gasteiger partial charge in [0.05, 0.1) is 0 Å². The molecule has 1 rings (SSSR count). The number of hydrogen-bond acceptors (Lipinski definition) is 3. The Kier molecular flexibility index (Phi) is 5.18. The summed E-state index contributed by atoms with van der Waals surface area (Å²) >= 11 is -1.95. The van der Waals surface area contributed by atoms with Crippen molar-refractivity contribution in [3.63, 3.8) is 0 Å². The van der Waals surface area contributed by atoms with Crippen molar-refractivity contribution in [3.05, 3.63) is 0 Å². The predicted octanol–water partition coefficient (Wildman–Crippen LogP) is 3.39. The van der Waals surface area contributed by atoms with E-state index in [0.717, 1.165) is 29.5 Å². The molecular formula is C12H26O3SSn. The zero-order valence-corrected chi connectivity index (χ0v) is 15.1. The molecule has 3 nitrogen and oxygen atoms in total. The van der Waals surface area contributed by atoms with Crippen LogP contribution < -0.4 is 0 Å². The summed E-state index contributed by atoms with van der Waals surface area (Å²) in [5.41, 5.74) is 0. The van der Waals surface area contributed by atoms with Gasteiger partial charge in [-0.3, -0.25) is 0 Å². The molecule has 1 aliphatic carbocycles. The molecule has 5 heteroatoms. The normalized spacial score (nSPS) is 33.6. The predicted molar refractivity (Wildman–Crippen MR) is 74.5 cm³/mol. The molecule has 1 aliphatic rings. The molecule has 0 N–H and O–H groups in total. The fourth-order valence-electron chi connectivity index (χ4n) is 2.48. The molecular weight excluding hydrogens is 343 g/mol. The van der Waals surface area contributed by atoms with Gasteiger partial charge in [-0.1, -0.05) is 0 Å². The second kappa shape index (κ2) is 6.24. The van der Waals surface area contributed by atoms with Crippen LogP contribution in [0.1, 0.15) is 39.9 Å². The van der Waals surface area contributed by atoms with Gasteiger partial charge in [0, 0.05) is 0 Å². The minimum absolute atomic E-state index is 0.534. The first kappa shape index (κ1) is 14.1. The summed E-state index contributed by atoms with van der Waals surface area (Å²) in [6.07, 6.45) is 5.13. The zero-order valence-electron chi connectivity index (χ0n) is 12.5. The Balaban J connectivity index is 2.74. The third-order valence-corrected chi connectivity index (χ3v) is 12.7. The van der Waals surface area contributed by atoms with E-state index in [0.29, 0.717) is 12.8 Å². The number of rotatable bonds is 3. The fraction of sp³-hybridized carbons (Fsp3) is 1.00. The Hall–Kier alpha value is 0.709. The first-order valence-electron chi connectivity index (χ1n) is 6.92. The van der Waals surface area contributed by atoms with Crippen molar-refractivity contribution in [2.24, 2.45) is 0 Å². The maximum atomic E-state index is 11.3. The molecule has 0 spiro atoms. The van der Waals surface area contributed by atoms with E-state index in [1.165, 1.54) is 6.42 Å². The average Bonchev–Trinajstić information content (AvgIpc) is 2.07. The third kappa shape index (κ3) is 6.43. The Bertz CT molecular complexity index is 377. The first-order chi connectivity index (χ1) is 8.02. The van der Waals surface area contributed by atoms with Gasteiger partial charge >= 0.3 is 112 Å². The summed E-state index contributed by atoms with van der Waals surface area (Å²) in [6, 6.07) is 0. The van der Waals surface area contributed by atoms with Crippen molar-refractivity contribution in [2.75, 3.05) is 6.26 Å². The van der Waals surface area contributed by atoms with Crippen molar-refractivity contribution >= 4 is 28.5 Å². The molecule has 102 valence electrons. The Morgan fingerprint density at radius 3 is 2.24 bits per heavy atom. The van der Waals surface area contributed by atoms with Crippen LogP contribution in [-0.2, 0) is 14.3 Å². The van der Waals surface area contributed by atoms with Gasteiger partial charge in [0.1, 0.15) is 0 Å². The van der Waals surface area contributed by atoms with Crippen LogP contribution in [0.3, 0.4) is 0 Å². The van der Waals surface area contributed by atoms with Crippen molar-refractivity contribution < 1.29 is 14.0 Å². The van der Waals surface area contributed by atoms with Crippen LogP contribution >= 0.6 is 0 Å². The SMILES string of the molecule is [2H][C@@]1(OS(C)(=O)=O)CCCC[C@@H]([Sn]([CH3])([CH3])[CH3])CC1. The van der Waals surface area contributed by atoms with Crippen molar-refractivity contribution in [1.29, 1.82) is 0 Å². The van der Waals surface area contributed by atoms with E-state index < -0.39 is 34.6 Å². The van der Waals surface area contributed by atoms with Crippen LogP contribution in [0.5, 0.6) is 0 Å². The summed E-state index contributed by atoms with van der Waals surface area (Å²) in [7, 11) is -3.53. The van der Waals surface area contributed by atoms with E-state index in [1.54, 1.807) is 0 Å². The van der Waals surface area contributed by atoms with Crippen LogP contribution in [0.4, 0.5) is 0 Å². The summed E-state index contributed by atoms with van der Waals surface area (Å²) in [6.45, 7) is 0. The second-order valence-corrected chi connectivity index (χ2v) is 23.6. The maximum absolute atomic E-state index is 11.3. The van der Waals surface area contributed by atoms with E-state index in [4.69, 9.17) is 5.55 Å². The first-order valence-corrected chi connectivity index (χ1v) is 18.5. The summed E-state index contributed by atoms with van der Waals surface area (Å²) in [5, 5.41) is 0. The molecule has 1 saturated carbocycles. The van der Waals surface area contributed by atoms with Crippen LogP contribution in [0.2, 0.25) is 18.8 Å².